The second-order valence-electron chi connectivity index (χ2n) is 7.53. The molecule has 3 heterocycles. The summed E-state index contributed by atoms with van der Waals surface area (Å²) in [6.07, 6.45) is 4.02. The summed E-state index contributed by atoms with van der Waals surface area (Å²) in [6, 6.07) is 6.38. The third kappa shape index (κ3) is 1.75. The SMILES string of the molecule is Cc1cc(N2CCC3(C2)C[N+]32CCC[C@H]2C)ccc1[N+](=O)[O-]. The summed E-state index contributed by atoms with van der Waals surface area (Å²) in [6.45, 7) is 9.16. The Kier molecular flexibility index (Phi) is 2.83. The second-order valence-corrected chi connectivity index (χ2v) is 7.53. The van der Waals surface area contributed by atoms with Crippen LogP contribution in [0.4, 0.5) is 11.4 Å². The van der Waals surface area contributed by atoms with Gasteiger partial charge in [0.25, 0.3) is 5.69 Å². The number of benzene rings is 1. The molecule has 0 amide bonds. The van der Waals surface area contributed by atoms with Gasteiger partial charge in [-0.05, 0) is 26.0 Å². The maximum atomic E-state index is 11.0. The quantitative estimate of drug-likeness (QED) is 0.365. The molecule has 1 aromatic carbocycles. The number of quaternary nitrogens is 1. The highest BCUT2D eigenvalue weighted by Gasteiger charge is 2.74. The molecular formula is C17H24N3O2+. The minimum atomic E-state index is -0.294. The number of nitro benzene ring substituents is 1. The maximum absolute atomic E-state index is 11.0. The summed E-state index contributed by atoms with van der Waals surface area (Å²) in [7, 11) is 0. The Morgan fingerprint density at radius 1 is 1.45 bits per heavy atom. The van der Waals surface area contributed by atoms with Gasteiger partial charge in [0.2, 0.25) is 0 Å². The summed E-state index contributed by atoms with van der Waals surface area (Å²) in [5, 5.41) is 11.0. The van der Waals surface area contributed by atoms with Gasteiger partial charge in [0.05, 0.1) is 24.1 Å². The third-order valence-corrected chi connectivity index (χ3v) is 6.51. The van der Waals surface area contributed by atoms with Crippen LogP contribution in [0, 0.1) is 17.0 Å². The first kappa shape index (κ1) is 14.0. The molecule has 0 aromatic heterocycles. The number of hydrogen-bond acceptors (Lipinski definition) is 3. The van der Waals surface area contributed by atoms with Gasteiger partial charge in [-0.25, -0.2) is 0 Å². The number of nitrogens with zero attached hydrogens (tertiary/aromatic N) is 3. The predicted molar refractivity (Wildman–Crippen MR) is 86.1 cm³/mol. The van der Waals surface area contributed by atoms with E-state index in [-0.39, 0.29) is 10.6 Å². The lowest BCUT2D eigenvalue weighted by molar-refractivity contribution is -0.838. The van der Waals surface area contributed by atoms with E-state index < -0.39 is 0 Å². The molecule has 0 saturated carbocycles. The first-order chi connectivity index (χ1) is 10.5. The van der Waals surface area contributed by atoms with Crippen molar-refractivity contribution in [2.75, 3.05) is 31.1 Å². The van der Waals surface area contributed by atoms with E-state index >= 15 is 0 Å². The normalized spacial score (nSPS) is 36.5. The Morgan fingerprint density at radius 2 is 2.27 bits per heavy atom. The van der Waals surface area contributed by atoms with Crippen molar-refractivity contribution in [1.29, 1.82) is 0 Å². The van der Waals surface area contributed by atoms with E-state index in [0.29, 0.717) is 5.54 Å². The van der Waals surface area contributed by atoms with Crippen LogP contribution in [-0.4, -0.2) is 47.2 Å². The van der Waals surface area contributed by atoms with Crippen molar-refractivity contribution in [2.24, 2.45) is 0 Å². The fourth-order valence-corrected chi connectivity index (χ4v) is 5.18. The average molecular weight is 302 g/mol. The summed E-state index contributed by atoms with van der Waals surface area (Å²) < 4.78 is 1.34. The van der Waals surface area contributed by atoms with Gasteiger partial charge in [-0.2, -0.15) is 0 Å². The molecular weight excluding hydrogens is 278 g/mol. The molecule has 5 nitrogen and oxygen atoms in total. The van der Waals surface area contributed by atoms with Crippen LogP contribution in [0.5, 0.6) is 0 Å². The van der Waals surface area contributed by atoms with Gasteiger partial charge in [0, 0.05) is 43.1 Å². The Morgan fingerprint density at radius 3 is 2.91 bits per heavy atom. The lowest BCUT2D eigenvalue weighted by Gasteiger charge is -2.25. The smallest absolute Gasteiger partial charge is 0.272 e. The van der Waals surface area contributed by atoms with Gasteiger partial charge < -0.3 is 9.38 Å². The van der Waals surface area contributed by atoms with E-state index in [1.165, 1.54) is 36.8 Å². The minimum absolute atomic E-state index is 0.223. The summed E-state index contributed by atoms with van der Waals surface area (Å²) >= 11 is 0. The molecule has 0 radical (unpaired) electrons. The average Bonchev–Trinajstić information content (AvgIpc) is 2.75. The molecule has 1 aromatic rings. The van der Waals surface area contributed by atoms with E-state index in [1.807, 2.05) is 19.1 Å². The molecule has 118 valence electrons. The second kappa shape index (κ2) is 4.44. The topological polar surface area (TPSA) is 46.4 Å². The molecule has 0 bridgehead atoms. The Labute approximate surface area is 131 Å². The number of rotatable bonds is 2. The monoisotopic (exact) mass is 302 g/mol. The number of nitro groups is 1. The molecule has 2 spiro atoms. The Bertz CT molecular complexity index is 647. The molecule has 5 heteroatoms. The van der Waals surface area contributed by atoms with E-state index in [0.717, 1.165) is 30.4 Å². The van der Waals surface area contributed by atoms with E-state index in [4.69, 9.17) is 0 Å². The lowest BCUT2D eigenvalue weighted by atomic mass is 10.1. The number of aryl methyl sites for hydroxylation is 1. The van der Waals surface area contributed by atoms with Gasteiger partial charge in [0.1, 0.15) is 6.54 Å². The van der Waals surface area contributed by atoms with Gasteiger partial charge in [0.15, 0.2) is 5.54 Å². The fourth-order valence-electron chi connectivity index (χ4n) is 5.18. The molecule has 22 heavy (non-hydrogen) atoms. The van der Waals surface area contributed by atoms with Crippen LogP contribution in [0.15, 0.2) is 18.2 Å². The molecule has 4 rings (SSSR count). The molecule has 3 aliphatic rings. The van der Waals surface area contributed by atoms with Crippen LogP contribution in [0.2, 0.25) is 0 Å². The fraction of sp³-hybridized carbons (Fsp3) is 0.647. The Hall–Kier alpha value is -1.62. The van der Waals surface area contributed by atoms with Crippen molar-refractivity contribution in [2.45, 2.75) is 44.7 Å². The van der Waals surface area contributed by atoms with Crippen molar-refractivity contribution in [3.05, 3.63) is 33.9 Å². The third-order valence-electron chi connectivity index (χ3n) is 6.51. The molecule has 3 fully saturated rings. The zero-order valence-electron chi connectivity index (χ0n) is 13.4. The van der Waals surface area contributed by atoms with Crippen molar-refractivity contribution >= 4 is 11.4 Å². The number of fused-ring (bicyclic) bond motifs is 1. The number of hydrogen-bond donors (Lipinski definition) is 0. The van der Waals surface area contributed by atoms with Crippen LogP contribution in [0.25, 0.3) is 0 Å². The zero-order valence-corrected chi connectivity index (χ0v) is 13.4. The largest absolute Gasteiger partial charge is 0.365 e. The van der Waals surface area contributed by atoms with Crippen LogP contribution >= 0.6 is 0 Å². The van der Waals surface area contributed by atoms with E-state index in [9.17, 15) is 10.1 Å². The number of anilines is 1. The van der Waals surface area contributed by atoms with Gasteiger partial charge in [-0.15, -0.1) is 0 Å². The Balaban J connectivity index is 1.55. The minimum Gasteiger partial charge on any atom is -0.365 e. The predicted octanol–water partition coefficient (Wildman–Crippen LogP) is 2.86. The lowest BCUT2D eigenvalue weighted by Crippen LogP contribution is -2.40. The van der Waals surface area contributed by atoms with E-state index in [2.05, 4.69) is 11.8 Å². The molecule has 3 aliphatic heterocycles. The van der Waals surface area contributed by atoms with Gasteiger partial charge in [-0.1, -0.05) is 0 Å². The summed E-state index contributed by atoms with van der Waals surface area (Å²) in [5.74, 6) is 0. The molecule has 2 unspecified atom stereocenters. The standard InChI is InChI=1S/C17H24N3O2/c1-13-10-15(5-6-16(13)19(21)22)18-8-7-17(11-18)12-20(17)9-3-4-14(20)2/h5-6,10,14H,3-4,7-9,11-12H2,1-2H3/q+1/t14-,17?,20?/m1/s1. The maximum Gasteiger partial charge on any atom is 0.272 e. The first-order valence-electron chi connectivity index (χ1n) is 8.34. The highest BCUT2D eigenvalue weighted by atomic mass is 16.6. The van der Waals surface area contributed by atoms with Crippen LogP contribution in [0.1, 0.15) is 31.7 Å². The van der Waals surface area contributed by atoms with E-state index in [1.54, 1.807) is 6.07 Å². The summed E-state index contributed by atoms with van der Waals surface area (Å²) in [4.78, 5) is 13.1. The first-order valence-corrected chi connectivity index (χ1v) is 8.34. The zero-order chi connectivity index (χ0) is 15.5. The molecule has 0 N–H and O–H groups in total. The molecule has 3 atom stereocenters. The van der Waals surface area contributed by atoms with Crippen LogP contribution < -0.4 is 4.90 Å². The van der Waals surface area contributed by atoms with Crippen molar-refractivity contribution in [3.8, 4) is 0 Å². The van der Waals surface area contributed by atoms with Crippen molar-refractivity contribution in [3.63, 3.8) is 0 Å². The van der Waals surface area contributed by atoms with Gasteiger partial charge in [-0.3, -0.25) is 10.1 Å². The summed E-state index contributed by atoms with van der Waals surface area (Å²) in [5.41, 5.74) is 2.61. The van der Waals surface area contributed by atoms with Gasteiger partial charge >= 0.3 is 0 Å². The van der Waals surface area contributed by atoms with Crippen LogP contribution in [-0.2, 0) is 0 Å². The molecule has 0 aliphatic carbocycles. The van der Waals surface area contributed by atoms with Crippen molar-refractivity contribution < 1.29 is 9.41 Å². The van der Waals surface area contributed by atoms with Crippen molar-refractivity contribution in [1.82, 2.24) is 0 Å². The highest BCUT2D eigenvalue weighted by molar-refractivity contribution is 5.56. The highest BCUT2D eigenvalue weighted by Crippen LogP contribution is 2.55. The van der Waals surface area contributed by atoms with Crippen LogP contribution in [0.3, 0.4) is 0 Å². The molecule has 3 saturated heterocycles.